The van der Waals surface area contributed by atoms with Crippen molar-refractivity contribution in [3.8, 4) is 0 Å². The lowest BCUT2D eigenvalue weighted by Gasteiger charge is -2.31. The molecule has 23 heavy (non-hydrogen) atoms. The molecule has 1 aromatic rings. The summed E-state index contributed by atoms with van der Waals surface area (Å²) in [5.74, 6) is 0.561. The van der Waals surface area contributed by atoms with Crippen molar-refractivity contribution in [3.05, 3.63) is 5.01 Å². The van der Waals surface area contributed by atoms with Crippen molar-refractivity contribution in [2.45, 2.75) is 64.1 Å². The number of rotatable bonds is 4. The standard InChI is InChI=1S/C16H26N4O2S/c1-11-8-20(9-12(2)22-11)10-14(21)17-16-19-18-15(23-16)13-6-4-3-5-7-13/h11-13H,3-10H2,1-2H3,(H,17,19,21)/p+1/t11-,12-/m1/s1. The average Bonchev–Trinajstić information content (AvgIpc) is 2.95. The van der Waals surface area contributed by atoms with Crippen LogP contribution >= 0.6 is 11.3 Å². The lowest BCUT2D eigenvalue weighted by Crippen LogP contribution is -3.16. The zero-order valence-electron chi connectivity index (χ0n) is 14.0. The molecule has 1 saturated heterocycles. The van der Waals surface area contributed by atoms with Gasteiger partial charge in [-0.2, -0.15) is 0 Å². The molecule has 2 aliphatic rings. The lowest BCUT2D eigenvalue weighted by molar-refractivity contribution is -0.907. The van der Waals surface area contributed by atoms with E-state index in [1.54, 1.807) is 11.3 Å². The Morgan fingerprint density at radius 2 is 1.91 bits per heavy atom. The third-order valence-electron chi connectivity index (χ3n) is 4.67. The molecule has 1 saturated carbocycles. The van der Waals surface area contributed by atoms with E-state index in [0.29, 0.717) is 17.6 Å². The minimum absolute atomic E-state index is 0.0210. The van der Waals surface area contributed by atoms with Crippen LogP contribution in [0.15, 0.2) is 0 Å². The molecule has 2 heterocycles. The lowest BCUT2D eigenvalue weighted by atomic mass is 9.90. The fourth-order valence-electron chi connectivity index (χ4n) is 3.72. The summed E-state index contributed by atoms with van der Waals surface area (Å²) in [6.45, 7) is 6.35. The molecule has 2 atom stereocenters. The van der Waals surface area contributed by atoms with Crippen molar-refractivity contribution in [1.82, 2.24) is 10.2 Å². The summed E-state index contributed by atoms with van der Waals surface area (Å²) >= 11 is 1.54. The average molecular weight is 339 g/mol. The van der Waals surface area contributed by atoms with Gasteiger partial charge in [0, 0.05) is 5.92 Å². The Morgan fingerprint density at radius 3 is 2.61 bits per heavy atom. The summed E-state index contributed by atoms with van der Waals surface area (Å²) in [5, 5.41) is 13.1. The van der Waals surface area contributed by atoms with Gasteiger partial charge in [0.2, 0.25) is 5.13 Å². The number of carbonyl (C=O) groups is 1. The third-order valence-corrected chi connectivity index (χ3v) is 5.67. The first kappa shape index (κ1) is 16.8. The van der Waals surface area contributed by atoms with Gasteiger partial charge in [-0.25, -0.2) is 0 Å². The van der Waals surface area contributed by atoms with Crippen LogP contribution in [0.2, 0.25) is 0 Å². The van der Waals surface area contributed by atoms with Gasteiger partial charge in [-0.1, -0.05) is 30.6 Å². The summed E-state index contributed by atoms with van der Waals surface area (Å²) in [6.07, 6.45) is 6.72. The first-order valence-electron chi connectivity index (χ1n) is 8.72. The smallest absolute Gasteiger partial charge is 0.281 e. The zero-order valence-corrected chi connectivity index (χ0v) is 14.8. The number of hydrogen-bond acceptors (Lipinski definition) is 5. The van der Waals surface area contributed by atoms with E-state index in [1.807, 2.05) is 0 Å². The molecule has 3 rings (SSSR count). The highest BCUT2D eigenvalue weighted by Crippen LogP contribution is 2.35. The van der Waals surface area contributed by atoms with Crippen LogP contribution in [0.1, 0.15) is 56.9 Å². The maximum Gasteiger partial charge on any atom is 0.281 e. The quantitative estimate of drug-likeness (QED) is 0.865. The van der Waals surface area contributed by atoms with Gasteiger partial charge < -0.3 is 9.64 Å². The van der Waals surface area contributed by atoms with Crippen molar-refractivity contribution in [2.75, 3.05) is 25.0 Å². The molecule has 0 aromatic carbocycles. The molecule has 0 radical (unpaired) electrons. The summed E-state index contributed by atoms with van der Waals surface area (Å²) in [4.78, 5) is 13.5. The summed E-state index contributed by atoms with van der Waals surface area (Å²) in [6, 6.07) is 0. The van der Waals surface area contributed by atoms with E-state index in [2.05, 4.69) is 29.4 Å². The number of hydrogen-bond donors (Lipinski definition) is 2. The highest BCUT2D eigenvalue weighted by molar-refractivity contribution is 7.15. The van der Waals surface area contributed by atoms with E-state index in [-0.39, 0.29) is 18.1 Å². The topological polar surface area (TPSA) is 68.5 Å². The fraction of sp³-hybridized carbons (Fsp3) is 0.812. The van der Waals surface area contributed by atoms with E-state index in [1.165, 1.54) is 37.0 Å². The number of quaternary nitrogens is 1. The van der Waals surface area contributed by atoms with E-state index in [0.717, 1.165) is 18.1 Å². The summed E-state index contributed by atoms with van der Waals surface area (Å²) in [7, 11) is 0. The molecule has 1 aromatic heterocycles. The number of aromatic nitrogens is 2. The second kappa shape index (κ2) is 7.68. The van der Waals surface area contributed by atoms with Crippen molar-refractivity contribution in [1.29, 1.82) is 0 Å². The molecule has 0 spiro atoms. The van der Waals surface area contributed by atoms with Crippen LogP contribution in [0, 0.1) is 0 Å². The minimum atomic E-state index is 0.0210. The Labute approximate surface area is 141 Å². The number of morpholine rings is 1. The molecule has 0 bridgehead atoms. The van der Waals surface area contributed by atoms with Crippen molar-refractivity contribution >= 4 is 22.4 Å². The van der Waals surface area contributed by atoms with Gasteiger partial charge in [-0.3, -0.25) is 10.1 Å². The number of carbonyl (C=O) groups excluding carboxylic acids is 1. The Hall–Kier alpha value is -1.05. The zero-order chi connectivity index (χ0) is 16.2. The monoisotopic (exact) mass is 339 g/mol. The van der Waals surface area contributed by atoms with Crippen LogP contribution in [0.25, 0.3) is 0 Å². The fourth-order valence-corrected chi connectivity index (χ4v) is 4.65. The number of nitrogens with one attached hydrogen (secondary N) is 2. The second-order valence-electron chi connectivity index (χ2n) is 6.92. The number of nitrogens with zero attached hydrogens (tertiary/aromatic N) is 2. The van der Waals surface area contributed by atoms with Crippen LogP contribution in [0.5, 0.6) is 0 Å². The largest absolute Gasteiger partial charge is 0.364 e. The van der Waals surface area contributed by atoms with Gasteiger partial charge in [-0.15, -0.1) is 10.2 Å². The first-order chi connectivity index (χ1) is 11.1. The van der Waals surface area contributed by atoms with Crippen molar-refractivity contribution < 1.29 is 14.4 Å². The first-order valence-corrected chi connectivity index (χ1v) is 9.54. The predicted octanol–water partition coefficient (Wildman–Crippen LogP) is 1.22. The molecule has 1 aliphatic carbocycles. The van der Waals surface area contributed by atoms with Crippen molar-refractivity contribution in [3.63, 3.8) is 0 Å². The third kappa shape index (κ3) is 4.71. The van der Waals surface area contributed by atoms with Gasteiger partial charge in [0.05, 0.1) is 0 Å². The summed E-state index contributed by atoms with van der Waals surface area (Å²) < 4.78 is 5.71. The van der Waals surface area contributed by atoms with Gasteiger partial charge in [0.15, 0.2) is 6.54 Å². The Bertz CT molecular complexity index is 520. The van der Waals surface area contributed by atoms with E-state index < -0.39 is 0 Å². The van der Waals surface area contributed by atoms with Crippen LogP contribution < -0.4 is 10.2 Å². The van der Waals surface area contributed by atoms with Crippen LogP contribution in [0.4, 0.5) is 5.13 Å². The van der Waals surface area contributed by atoms with Gasteiger partial charge in [0.25, 0.3) is 5.91 Å². The molecule has 128 valence electrons. The molecular weight excluding hydrogens is 312 g/mol. The molecule has 0 unspecified atom stereocenters. The van der Waals surface area contributed by atoms with E-state index >= 15 is 0 Å². The highest BCUT2D eigenvalue weighted by atomic mass is 32.1. The number of ether oxygens (including phenoxy) is 1. The van der Waals surface area contributed by atoms with Gasteiger partial charge >= 0.3 is 0 Å². The maximum atomic E-state index is 12.2. The molecular formula is C16H27N4O2S+. The minimum Gasteiger partial charge on any atom is -0.364 e. The highest BCUT2D eigenvalue weighted by Gasteiger charge is 2.27. The van der Waals surface area contributed by atoms with E-state index in [4.69, 9.17) is 4.74 Å². The molecule has 6 nitrogen and oxygen atoms in total. The SMILES string of the molecule is C[C@@H]1C[NH+](CC(=O)Nc2nnc(C3CCCCC3)s2)C[C@@H](C)O1. The number of amides is 1. The maximum absolute atomic E-state index is 12.2. The Balaban J connectivity index is 1.50. The van der Waals surface area contributed by atoms with Crippen LogP contribution in [-0.4, -0.2) is 47.9 Å². The Morgan fingerprint density at radius 1 is 1.22 bits per heavy atom. The van der Waals surface area contributed by atoms with Gasteiger partial charge in [0.1, 0.15) is 30.3 Å². The number of anilines is 1. The molecule has 2 N–H and O–H groups in total. The normalized spacial score (nSPS) is 29.4. The summed E-state index contributed by atoms with van der Waals surface area (Å²) in [5.41, 5.74) is 0. The molecule has 7 heteroatoms. The van der Waals surface area contributed by atoms with Crippen LogP contribution in [0.3, 0.4) is 0 Å². The second-order valence-corrected chi connectivity index (χ2v) is 7.93. The molecule has 1 amide bonds. The van der Waals surface area contributed by atoms with Crippen molar-refractivity contribution in [2.24, 2.45) is 0 Å². The molecule has 2 fully saturated rings. The van der Waals surface area contributed by atoms with Gasteiger partial charge in [-0.05, 0) is 26.7 Å². The van der Waals surface area contributed by atoms with Crippen LogP contribution in [-0.2, 0) is 9.53 Å². The van der Waals surface area contributed by atoms with E-state index in [9.17, 15) is 4.79 Å². The predicted molar refractivity (Wildman–Crippen MR) is 89.9 cm³/mol. The Kier molecular flexibility index (Phi) is 5.61. The molecule has 1 aliphatic heterocycles.